The molecule has 0 bridgehead atoms. The maximum absolute atomic E-state index is 12.1. The van der Waals surface area contributed by atoms with E-state index < -0.39 is 4.92 Å². The summed E-state index contributed by atoms with van der Waals surface area (Å²) in [5.41, 5.74) is 0.229. The van der Waals surface area contributed by atoms with E-state index in [1.165, 1.54) is 18.2 Å². The maximum Gasteiger partial charge on any atom is 0.270 e. The van der Waals surface area contributed by atoms with Gasteiger partial charge in [0.2, 0.25) is 0 Å². The molecule has 18 heavy (non-hydrogen) atoms. The quantitative estimate of drug-likeness (QED) is 0.467. The van der Waals surface area contributed by atoms with E-state index in [2.05, 4.69) is 0 Å². The minimum absolute atomic E-state index is 0.0945. The molecule has 0 radical (unpaired) electrons. The number of carbonyl (C=O) groups is 2. The third-order valence-corrected chi connectivity index (χ3v) is 3.19. The average molecular weight is 247 g/mol. The van der Waals surface area contributed by atoms with Crippen LogP contribution in [0.1, 0.15) is 36.0 Å². The zero-order chi connectivity index (χ0) is 13.1. The van der Waals surface area contributed by atoms with Gasteiger partial charge in [-0.05, 0) is 12.8 Å². The Balaban J connectivity index is 2.20. The van der Waals surface area contributed by atoms with Gasteiger partial charge in [-0.25, -0.2) is 0 Å². The van der Waals surface area contributed by atoms with E-state index in [4.69, 9.17) is 0 Å². The number of hydrogen-bond donors (Lipinski definition) is 0. The van der Waals surface area contributed by atoms with Crippen molar-refractivity contribution in [1.29, 1.82) is 0 Å². The van der Waals surface area contributed by atoms with Gasteiger partial charge in [-0.1, -0.05) is 12.1 Å². The van der Waals surface area contributed by atoms with E-state index in [9.17, 15) is 19.7 Å². The molecule has 94 valence electrons. The first-order valence-electron chi connectivity index (χ1n) is 5.88. The predicted molar refractivity (Wildman–Crippen MR) is 64.4 cm³/mol. The number of non-ortho nitro benzene ring substituents is 1. The number of carbonyl (C=O) groups excluding carboxylic acids is 2. The number of ketones is 2. The number of hydrogen-bond acceptors (Lipinski definition) is 4. The molecule has 1 atom stereocenters. The summed E-state index contributed by atoms with van der Waals surface area (Å²) in [5, 5.41) is 10.6. The topological polar surface area (TPSA) is 77.3 Å². The van der Waals surface area contributed by atoms with Crippen LogP contribution < -0.4 is 0 Å². The molecule has 1 fully saturated rings. The molecule has 1 aromatic carbocycles. The molecule has 1 aromatic rings. The van der Waals surface area contributed by atoms with E-state index in [1.807, 2.05) is 0 Å². The molecule has 2 rings (SSSR count). The van der Waals surface area contributed by atoms with Crippen molar-refractivity contribution in [3.63, 3.8) is 0 Å². The van der Waals surface area contributed by atoms with Crippen molar-refractivity contribution in [3.8, 4) is 0 Å². The molecule has 1 unspecified atom stereocenters. The number of nitrogens with zero attached hydrogens (tertiary/aromatic N) is 1. The molecule has 0 aliphatic heterocycles. The van der Waals surface area contributed by atoms with Gasteiger partial charge in [-0.15, -0.1) is 0 Å². The highest BCUT2D eigenvalue weighted by atomic mass is 16.6. The van der Waals surface area contributed by atoms with Gasteiger partial charge >= 0.3 is 0 Å². The van der Waals surface area contributed by atoms with Crippen LogP contribution in [0.2, 0.25) is 0 Å². The van der Waals surface area contributed by atoms with Crippen LogP contribution >= 0.6 is 0 Å². The van der Waals surface area contributed by atoms with E-state index in [-0.39, 0.29) is 29.6 Å². The smallest absolute Gasteiger partial charge is 0.270 e. The fourth-order valence-corrected chi connectivity index (χ4v) is 2.26. The first-order chi connectivity index (χ1) is 8.58. The lowest BCUT2D eigenvalue weighted by molar-refractivity contribution is -0.384. The highest BCUT2D eigenvalue weighted by Crippen LogP contribution is 2.26. The Bertz CT molecular complexity index is 509. The van der Waals surface area contributed by atoms with Crippen molar-refractivity contribution < 1.29 is 14.5 Å². The van der Waals surface area contributed by atoms with E-state index in [1.54, 1.807) is 6.07 Å². The van der Waals surface area contributed by atoms with Crippen molar-refractivity contribution in [1.82, 2.24) is 0 Å². The van der Waals surface area contributed by atoms with Gasteiger partial charge < -0.3 is 0 Å². The molecule has 0 N–H and O–H groups in total. The average Bonchev–Trinajstić information content (AvgIpc) is 2.38. The van der Waals surface area contributed by atoms with Gasteiger partial charge in [0.1, 0.15) is 5.78 Å². The number of nitro groups is 1. The number of benzene rings is 1. The lowest BCUT2D eigenvalue weighted by Crippen LogP contribution is -2.23. The highest BCUT2D eigenvalue weighted by molar-refractivity contribution is 6.00. The highest BCUT2D eigenvalue weighted by Gasteiger charge is 2.27. The first-order valence-corrected chi connectivity index (χ1v) is 5.88. The van der Waals surface area contributed by atoms with Gasteiger partial charge in [0.15, 0.2) is 5.78 Å². The summed E-state index contributed by atoms with van der Waals surface area (Å²) in [4.78, 5) is 33.6. The molecule has 1 aliphatic carbocycles. The Morgan fingerprint density at radius 2 is 2.17 bits per heavy atom. The lowest BCUT2D eigenvalue weighted by Gasteiger charge is -2.19. The van der Waals surface area contributed by atoms with Crippen molar-refractivity contribution in [2.75, 3.05) is 0 Å². The molecule has 0 heterocycles. The van der Waals surface area contributed by atoms with Crippen molar-refractivity contribution in [2.24, 2.45) is 5.92 Å². The Morgan fingerprint density at radius 1 is 1.39 bits per heavy atom. The Kier molecular flexibility index (Phi) is 3.50. The summed E-state index contributed by atoms with van der Waals surface area (Å²) in [5.74, 6) is -0.370. The molecular weight excluding hydrogens is 234 g/mol. The minimum Gasteiger partial charge on any atom is -0.300 e. The van der Waals surface area contributed by atoms with Crippen LogP contribution in [0, 0.1) is 16.0 Å². The second-order valence-corrected chi connectivity index (χ2v) is 4.50. The van der Waals surface area contributed by atoms with Gasteiger partial charge in [0, 0.05) is 36.5 Å². The van der Waals surface area contributed by atoms with E-state index in [0.29, 0.717) is 18.4 Å². The van der Waals surface area contributed by atoms with Crippen LogP contribution in [0.5, 0.6) is 0 Å². The second-order valence-electron chi connectivity index (χ2n) is 4.50. The summed E-state index contributed by atoms with van der Waals surface area (Å²) in [6.45, 7) is 0. The third kappa shape index (κ3) is 2.61. The van der Waals surface area contributed by atoms with E-state index in [0.717, 1.165) is 6.42 Å². The summed E-state index contributed by atoms with van der Waals surface area (Å²) < 4.78 is 0. The van der Waals surface area contributed by atoms with Crippen LogP contribution in [0.15, 0.2) is 24.3 Å². The molecule has 1 aliphatic rings. The molecular formula is C13H13NO4. The summed E-state index contributed by atoms with van der Waals surface area (Å²) in [6, 6.07) is 5.69. The van der Waals surface area contributed by atoms with Gasteiger partial charge in [0.05, 0.1) is 4.92 Å². The van der Waals surface area contributed by atoms with Crippen molar-refractivity contribution in [3.05, 3.63) is 39.9 Å². The fourth-order valence-electron chi connectivity index (χ4n) is 2.26. The monoisotopic (exact) mass is 247 g/mol. The zero-order valence-electron chi connectivity index (χ0n) is 9.80. The van der Waals surface area contributed by atoms with Crippen LogP contribution in [-0.2, 0) is 4.79 Å². The largest absolute Gasteiger partial charge is 0.300 e. The van der Waals surface area contributed by atoms with Gasteiger partial charge in [-0.3, -0.25) is 19.7 Å². The number of nitro benzene ring substituents is 1. The van der Waals surface area contributed by atoms with Crippen molar-refractivity contribution >= 4 is 17.3 Å². The Labute approximate surface area is 104 Å². The third-order valence-electron chi connectivity index (χ3n) is 3.19. The predicted octanol–water partition coefficient (Wildman–Crippen LogP) is 2.54. The molecule has 0 aromatic heterocycles. The summed E-state index contributed by atoms with van der Waals surface area (Å²) in [7, 11) is 0. The van der Waals surface area contributed by atoms with Crippen molar-refractivity contribution in [2.45, 2.75) is 25.7 Å². The van der Waals surface area contributed by atoms with Crippen LogP contribution in [0.25, 0.3) is 0 Å². The lowest BCUT2D eigenvalue weighted by atomic mass is 9.83. The normalized spacial score (nSPS) is 19.6. The maximum atomic E-state index is 12.1. The minimum atomic E-state index is -0.525. The van der Waals surface area contributed by atoms with Crippen LogP contribution in [0.4, 0.5) is 5.69 Å². The molecule has 5 nitrogen and oxygen atoms in total. The number of rotatable bonds is 3. The zero-order valence-corrected chi connectivity index (χ0v) is 9.80. The summed E-state index contributed by atoms with van der Waals surface area (Å²) in [6.07, 6.45) is 2.22. The van der Waals surface area contributed by atoms with Crippen LogP contribution in [-0.4, -0.2) is 16.5 Å². The molecule has 0 amide bonds. The van der Waals surface area contributed by atoms with Gasteiger partial charge in [-0.2, -0.15) is 0 Å². The summed E-state index contributed by atoms with van der Waals surface area (Å²) >= 11 is 0. The SMILES string of the molecule is O=C1CCCC(C(=O)c2cccc([N+](=O)[O-])c2)C1. The Morgan fingerprint density at radius 3 is 2.83 bits per heavy atom. The van der Waals surface area contributed by atoms with Gasteiger partial charge in [0.25, 0.3) is 5.69 Å². The molecule has 0 saturated heterocycles. The second kappa shape index (κ2) is 5.08. The fraction of sp³-hybridized carbons (Fsp3) is 0.385. The van der Waals surface area contributed by atoms with E-state index >= 15 is 0 Å². The molecule has 0 spiro atoms. The molecule has 5 heteroatoms. The molecule has 1 saturated carbocycles. The standard InChI is InChI=1S/C13H13NO4/c15-12-6-2-4-10(8-12)13(16)9-3-1-5-11(7-9)14(17)18/h1,3,5,7,10H,2,4,6,8H2. The first kappa shape index (κ1) is 12.4. The van der Waals surface area contributed by atoms with Crippen LogP contribution in [0.3, 0.4) is 0 Å². The Hall–Kier alpha value is -2.04. The number of Topliss-reactive ketones (excluding diaryl/α,β-unsaturated/α-hetero) is 2.